The lowest BCUT2D eigenvalue weighted by Gasteiger charge is -2.27. The SMILES string of the molecule is NCCOCCOCCOCCCc1cccc2c1C(=O)N(C1CCC(=O)NC1=O)C2=O.O=C1CCC(N2C(=O)c3cccc(CCCOCCOCCOCCCCCCONC(=O)c4ccc(F)c(F)c4Nc4ccc(I)cc4F)c3C2=O)C(=O)N1. The van der Waals surface area contributed by atoms with E-state index in [4.69, 9.17) is 39.0 Å². The van der Waals surface area contributed by atoms with Gasteiger partial charge in [0.05, 0.1) is 105 Å². The minimum atomic E-state index is -1.32. The van der Waals surface area contributed by atoms with Crippen LogP contribution in [-0.2, 0) is 65.3 Å². The molecule has 27 heteroatoms. The molecule has 4 aliphatic heterocycles. The molecule has 6 N–H and O–H groups in total. The van der Waals surface area contributed by atoms with E-state index >= 15 is 0 Å². The lowest BCUT2D eigenvalue weighted by Crippen LogP contribution is -2.54. The summed E-state index contributed by atoms with van der Waals surface area (Å²) in [7, 11) is 0. The van der Waals surface area contributed by atoms with Gasteiger partial charge in [0.1, 0.15) is 17.9 Å². The lowest BCUT2D eigenvalue weighted by molar-refractivity contribution is -0.137. The zero-order chi connectivity index (χ0) is 63.0. The molecule has 88 heavy (non-hydrogen) atoms. The number of anilines is 2. The fourth-order valence-electron chi connectivity index (χ4n) is 9.97. The Kier molecular flexibility index (Phi) is 27.4. The van der Waals surface area contributed by atoms with E-state index < -0.39 is 88.4 Å². The highest BCUT2D eigenvalue weighted by molar-refractivity contribution is 14.1. The Bertz CT molecular complexity index is 3160. The number of carbonyl (C=O) groups is 9. The van der Waals surface area contributed by atoms with Gasteiger partial charge in [-0.05, 0) is 128 Å². The second kappa shape index (κ2) is 35.2. The third-order valence-electron chi connectivity index (χ3n) is 14.3. The Morgan fingerprint density at radius 2 is 1.01 bits per heavy atom. The third-order valence-corrected chi connectivity index (χ3v) is 15.0. The predicted octanol–water partition coefficient (Wildman–Crippen LogP) is 5.79. The molecule has 2 atom stereocenters. The first-order chi connectivity index (χ1) is 42.6. The van der Waals surface area contributed by atoms with Crippen LogP contribution in [0.5, 0.6) is 0 Å². The van der Waals surface area contributed by atoms with Crippen LogP contribution in [0.4, 0.5) is 24.5 Å². The average Bonchev–Trinajstić information content (AvgIpc) is 1.78. The maximum Gasteiger partial charge on any atom is 0.277 e. The van der Waals surface area contributed by atoms with Crippen LogP contribution in [-0.4, -0.2) is 167 Å². The number of aryl methyl sites for hydroxylation is 2. The smallest absolute Gasteiger partial charge is 0.277 e. The molecule has 0 saturated carbocycles. The zero-order valence-electron chi connectivity index (χ0n) is 48.4. The lowest BCUT2D eigenvalue weighted by atomic mass is 9.99. The summed E-state index contributed by atoms with van der Waals surface area (Å²) in [6, 6.07) is 14.3. The number of rotatable bonds is 35. The van der Waals surface area contributed by atoms with E-state index in [1.807, 2.05) is 28.7 Å². The second-order valence-corrected chi connectivity index (χ2v) is 21.7. The minimum absolute atomic E-state index is 0.0629. The molecule has 4 aromatic carbocycles. The average molecular weight is 1340 g/mol. The van der Waals surface area contributed by atoms with Crippen molar-refractivity contribution < 1.29 is 89.6 Å². The largest absolute Gasteiger partial charge is 0.379 e. The number of nitrogens with two attached hydrogens (primary N) is 1. The van der Waals surface area contributed by atoms with Crippen molar-refractivity contribution in [2.75, 3.05) is 97.8 Å². The molecule has 23 nitrogen and oxygen atoms in total. The van der Waals surface area contributed by atoms with Gasteiger partial charge in [0, 0.05) is 42.8 Å². The Morgan fingerprint density at radius 1 is 0.545 bits per heavy atom. The Labute approximate surface area is 519 Å². The number of fused-ring (bicyclic) bond motifs is 2. The standard InChI is InChI=1S/C39H42F3IN4O9.C22H29N3O7/c40-28-12-11-27(35(34(28)42)44-30-13-10-25(43)23-29(30)41)36(49)46-56-18-4-2-1-3-16-53-19-21-55-22-20-54-17-6-8-24-7-5-9-26-33(24)39(52)47(38(26)51)31-14-15-32(48)45-37(31)50;23-8-10-31-12-14-32-13-11-30-9-2-4-15-3-1-5-16-19(15)22(29)25(21(16)28)17-6-7-18(26)24-20(17)27/h5,7,9-13,23,31,44H,1-4,6,8,14-22H2,(H,46,49)(H,45,48,50);1,3,5,17H,2,4,6-14,23H2,(H,24,26,27). The number of halogens is 4. The molecule has 4 heterocycles. The van der Waals surface area contributed by atoms with Gasteiger partial charge in [0.25, 0.3) is 29.5 Å². The van der Waals surface area contributed by atoms with Crippen LogP contribution in [0.25, 0.3) is 0 Å². The number of hydrogen-bond acceptors (Lipinski definition) is 18. The van der Waals surface area contributed by atoms with E-state index in [1.165, 1.54) is 12.1 Å². The van der Waals surface area contributed by atoms with E-state index in [9.17, 15) is 56.3 Å². The number of hydrogen-bond donors (Lipinski definition) is 5. The summed E-state index contributed by atoms with van der Waals surface area (Å²) in [6.07, 6.45) is 5.84. The highest BCUT2D eigenvalue weighted by atomic mass is 127. The molecule has 0 aliphatic carbocycles. The maximum absolute atomic E-state index is 14.6. The summed E-state index contributed by atoms with van der Waals surface area (Å²) in [5.74, 6) is -8.11. The van der Waals surface area contributed by atoms with E-state index in [0.29, 0.717) is 144 Å². The highest BCUT2D eigenvalue weighted by Crippen LogP contribution is 2.33. The fraction of sp³-hybridized carbons (Fsp3) is 0.459. The van der Waals surface area contributed by atoms with E-state index in [-0.39, 0.29) is 49.1 Å². The number of hydroxylamine groups is 1. The molecule has 2 saturated heterocycles. The second-order valence-electron chi connectivity index (χ2n) is 20.5. The van der Waals surface area contributed by atoms with Crippen molar-refractivity contribution in [2.24, 2.45) is 5.73 Å². The van der Waals surface area contributed by atoms with E-state index in [0.717, 1.165) is 46.8 Å². The minimum Gasteiger partial charge on any atom is -0.379 e. The number of unbranched alkanes of at least 4 members (excludes halogenated alkanes) is 3. The van der Waals surface area contributed by atoms with Crippen molar-refractivity contribution in [1.82, 2.24) is 25.9 Å². The number of piperidine rings is 2. The van der Waals surface area contributed by atoms with Crippen LogP contribution >= 0.6 is 22.6 Å². The molecule has 474 valence electrons. The number of ether oxygens (including phenoxy) is 6. The van der Waals surface area contributed by atoms with E-state index in [1.54, 1.807) is 36.4 Å². The topological polar surface area (TPSA) is 299 Å². The van der Waals surface area contributed by atoms with Gasteiger partial charge in [-0.2, -0.15) is 0 Å². The normalized spacial score (nSPS) is 16.4. The van der Waals surface area contributed by atoms with Gasteiger partial charge in [0.15, 0.2) is 11.6 Å². The summed E-state index contributed by atoms with van der Waals surface area (Å²) in [4.78, 5) is 119. The molecule has 9 amide bonds. The molecule has 2 unspecified atom stereocenters. The maximum atomic E-state index is 14.6. The first-order valence-corrected chi connectivity index (χ1v) is 30.1. The van der Waals surface area contributed by atoms with Crippen molar-refractivity contribution in [3.8, 4) is 0 Å². The van der Waals surface area contributed by atoms with Gasteiger partial charge in [-0.25, -0.2) is 18.7 Å². The zero-order valence-corrected chi connectivity index (χ0v) is 50.6. The number of nitrogens with one attached hydrogen (secondary N) is 4. The monoisotopic (exact) mass is 1340 g/mol. The highest BCUT2D eigenvalue weighted by Gasteiger charge is 2.47. The summed E-state index contributed by atoms with van der Waals surface area (Å²) < 4.78 is 76.4. The van der Waals surface area contributed by atoms with Crippen molar-refractivity contribution in [3.05, 3.63) is 127 Å². The van der Waals surface area contributed by atoms with Gasteiger partial charge in [-0.3, -0.25) is 68.4 Å². The van der Waals surface area contributed by atoms with Crippen LogP contribution in [0, 0.1) is 21.0 Å². The van der Waals surface area contributed by atoms with Gasteiger partial charge in [0.2, 0.25) is 23.6 Å². The molecule has 4 aromatic rings. The molecule has 8 rings (SSSR count). The van der Waals surface area contributed by atoms with E-state index in [2.05, 4.69) is 21.4 Å². The number of carbonyl (C=O) groups excluding carboxylic acids is 9. The molecule has 4 aliphatic rings. The number of imide groups is 4. The van der Waals surface area contributed by atoms with Crippen LogP contribution < -0.4 is 27.2 Å². The Morgan fingerprint density at radius 3 is 1.49 bits per heavy atom. The van der Waals surface area contributed by atoms with Crippen LogP contribution in [0.3, 0.4) is 0 Å². The summed E-state index contributed by atoms with van der Waals surface area (Å²) in [5.41, 5.74) is 9.31. The Balaban J connectivity index is 0.000000292. The fourth-order valence-corrected chi connectivity index (χ4v) is 10.4. The molecule has 0 aromatic heterocycles. The molecule has 0 spiro atoms. The Hall–Kier alpha value is -7.09. The number of benzene rings is 4. The summed E-state index contributed by atoms with van der Waals surface area (Å²) in [5, 5.41) is 6.87. The van der Waals surface area contributed by atoms with Crippen molar-refractivity contribution in [2.45, 2.75) is 89.1 Å². The van der Waals surface area contributed by atoms with Gasteiger partial charge in [-0.1, -0.05) is 37.1 Å². The number of nitrogens with zero attached hydrogens (tertiary/aromatic N) is 2. The quantitative estimate of drug-likeness (QED) is 0.0158. The van der Waals surface area contributed by atoms with Crippen LogP contribution in [0.15, 0.2) is 66.7 Å². The van der Waals surface area contributed by atoms with Crippen molar-refractivity contribution >= 4 is 87.1 Å². The summed E-state index contributed by atoms with van der Waals surface area (Å²) >= 11 is 1.91. The number of amides is 9. The van der Waals surface area contributed by atoms with Crippen molar-refractivity contribution in [1.29, 1.82) is 0 Å². The van der Waals surface area contributed by atoms with Crippen LogP contribution in [0.2, 0.25) is 0 Å². The van der Waals surface area contributed by atoms with Gasteiger partial charge < -0.3 is 39.5 Å². The molecule has 0 radical (unpaired) electrons. The summed E-state index contributed by atoms with van der Waals surface area (Å²) in [6.45, 7) is 6.13. The van der Waals surface area contributed by atoms with Gasteiger partial charge >= 0.3 is 0 Å². The molecular formula is C61H71F3IN7O16. The molecular weight excluding hydrogens is 1270 g/mol. The first kappa shape index (κ1) is 68.4. The molecule has 2 fully saturated rings. The van der Waals surface area contributed by atoms with Crippen molar-refractivity contribution in [3.63, 3.8) is 0 Å². The first-order valence-electron chi connectivity index (χ1n) is 29.1. The third kappa shape index (κ3) is 19.0. The predicted molar refractivity (Wildman–Crippen MR) is 317 cm³/mol. The molecule has 0 bridgehead atoms. The van der Waals surface area contributed by atoms with Crippen LogP contribution in [0.1, 0.15) is 127 Å². The van der Waals surface area contributed by atoms with Gasteiger partial charge in [-0.15, -0.1) is 0 Å².